The molecule has 0 saturated heterocycles. The lowest BCUT2D eigenvalue weighted by Gasteiger charge is -2.35. The Hall–Kier alpha value is -1.69. The van der Waals surface area contributed by atoms with Gasteiger partial charge in [-0.15, -0.1) is 10.2 Å². The molecule has 1 fully saturated rings. The highest BCUT2D eigenvalue weighted by atomic mass is 15.3. The Balaban J connectivity index is 1.84. The van der Waals surface area contributed by atoms with Crippen LogP contribution in [0, 0.1) is 12.8 Å². The molecule has 0 unspecified atom stereocenters. The number of nitrogens with zero attached hydrogens (tertiary/aromatic N) is 5. The smallest absolute Gasteiger partial charge is 0.203 e. The molecule has 0 aromatic carbocycles. The number of hydrogen-bond acceptors (Lipinski definition) is 5. The van der Waals surface area contributed by atoms with Crippen molar-refractivity contribution in [2.45, 2.75) is 25.8 Å². The van der Waals surface area contributed by atoms with Gasteiger partial charge in [0, 0.05) is 32.0 Å². The van der Waals surface area contributed by atoms with Gasteiger partial charge in [-0.1, -0.05) is 0 Å². The van der Waals surface area contributed by atoms with Gasteiger partial charge in [-0.05, 0) is 25.7 Å². The topological polar surface area (TPSA) is 72.3 Å². The predicted molar refractivity (Wildman–Crippen MR) is 69.5 cm³/mol. The summed E-state index contributed by atoms with van der Waals surface area (Å²) < 4.78 is 1.96. The molecule has 2 N–H and O–H groups in total. The van der Waals surface area contributed by atoms with Crippen LogP contribution >= 0.6 is 0 Å². The van der Waals surface area contributed by atoms with E-state index in [1.165, 1.54) is 0 Å². The average molecular weight is 246 g/mol. The molecule has 1 aliphatic carbocycles. The van der Waals surface area contributed by atoms with Crippen LogP contribution in [-0.4, -0.2) is 39.2 Å². The first-order valence-electron chi connectivity index (χ1n) is 6.28. The maximum atomic E-state index is 5.82. The highest BCUT2D eigenvalue weighted by molar-refractivity contribution is 5.63. The lowest BCUT2D eigenvalue weighted by molar-refractivity contribution is 0.270. The van der Waals surface area contributed by atoms with Crippen molar-refractivity contribution in [1.29, 1.82) is 0 Å². The van der Waals surface area contributed by atoms with Crippen LogP contribution in [0.25, 0.3) is 5.65 Å². The molecule has 0 aliphatic heterocycles. The summed E-state index contributed by atoms with van der Waals surface area (Å²) in [5.74, 6) is 2.45. The Morgan fingerprint density at radius 1 is 1.44 bits per heavy atom. The number of aryl methyl sites for hydroxylation is 1. The molecule has 2 aromatic rings. The largest absolute Gasteiger partial charge is 0.356 e. The van der Waals surface area contributed by atoms with Crippen LogP contribution in [-0.2, 0) is 0 Å². The van der Waals surface area contributed by atoms with E-state index in [2.05, 4.69) is 27.1 Å². The molecule has 2 heterocycles. The van der Waals surface area contributed by atoms with Gasteiger partial charge >= 0.3 is 0 Å². The molecule has 96 valence electrons. The van der Waals surface area contributed by atoms with Crippen LogP contribution in [0.5, 0.6) is 0 Å². The summed E-state index contributed by atoms with van der Waals surface area (Å²) in [7, 11) is 2.05. The van der Waals surface area contributed by atoms with Gasteiger partial charge in [-0.25, -0.2) is 4.98 Å². The second-order valence-corrected chi connectivity index (χ2v) is 5.17. The van der Waals surface area contributed by atoms with Gasteiger partial charge in [0.25, 0.3) is 0 Å². The van der Waals surface area contributed by atoms with Crippen molar-refractivity contribution in [2.75, 3.05) is 18.5 Å². The number of anilines is 1. The van der Waals surface area contributed by atoms with E-state index in [9.17, 15) is 0 Å². The van der Waals surface area contributed by atoms with Crippen molar-refractivity contribution >= 4 is 11.5 Å². The highest BCUT2D eigenvalue weighted by Gasteiger charge is 2.27. The normalized spacial score (nSPS) is 23.1. The van der Waals surface area contributed by atoms with Crippen molar-refractivity contribution in [3.8, 4) is 0 Å². The third-order valence-corrected chi connectivity index (χ3v) is 3.64. The monoisotopic (exact) mass is 246 g/mol. The van der Waals surface area contributed by atoms with Crippen LogP contribution < -0.4 is 10.6 Å². The lowest BCUT2D eigenvalue weighted by atomic mass is 9.81. The molecule has 0 spiro atoms. The highest BCUT2D eigenvalue weighted by Crippen LogP contribution is 2.28. The van der Waals surface area contributed by atoms with Gasteiger partial charge in [0.05, 0.1) is 0 Å². The van der Waals surface area contributed by atoms with Gasteiger partial charge in [0.15, 0.2) is 5.82 Å². The van der Waals surface area contributed by atoms with Crippen LogP contribution in [0.15, 0.2) is 12.4 Å². The maximum absolute atomic E-state index is 5.82. The van der Waals surface area contributed by atoms with Crippen molar-refractivity contribution in [1.82, 2.24) is 19.6 Å². The molecule has 3 rings (SSSR count). The van der Waals surface area contributed by atoms with Gasteiger partial charge in [0.2, 0.25) is 5.65 Å². The first-order valence-corrected chi connectivity index (χ1v) is 6.28. The first-order chi connectivity index (χ1) is 8.65. The number of fused-ring (bicyclic) bond motifs is 1. The summed E-state index contributed by atoms with van der Waals surface area (Å²) in [5, 5.41) is 8.28. The molecule has 6 nitrogen and oxygen atoms in total. The SMILES string of the molecule is Cc1nnc2c(N(C)CC3CC(N)C3)nccn12. The van der Waals surface area contributed by atoms with Gasteiger partial charge < -0.3 is 10.6 Å². The van der Waals surface area contributed by atoms with Crippen molar-refractivity contribution in [3.05, 3.63) is 18.2 Å². The summed E-state index contributed by atoms with van der Waals surface area (Å²) in [5.41, 5.74) is 6.64. The second-order valence-electron chi connectivity index (χ2n) is 5.17. The number of hydrogen-bond donors (Lipinski definition) is 1. The Bertz CT molecular complexity index is 557. The van der Waals surface area contributed by atoms with E-state index >= 15 is 0 Å². The molecule has 0 atom stereocenters. The second kappa shape index (κ2) is 4.20. The Morgan fingerprint density at radius 3 is 2.94 bits per heavy atom. The number of rotatable bonds is 3. The quantitative estimate of drug-likeness (QED) is 0.859. The summed E-state index contributed by atoms with van der Waals surface area (Å²) >= 11 is 0. The predicted octanol–water partition coefficient (Wildman–Crippen LogP) is 0.606. The van der Waals surface area contributed by atoms with Crippen LogP contribution in [0.2, 0.25) is 0 Å². The fourth-order valence-corrected chi connectivity index (χ4v) is 2.61. The Morgan fingerprint density at radius 2 is 2.22 bits per heavy atom. The van der Waals surface area contributed by atoms with Crippen LogP contribution in [0.3, 0.4) is 0 Å². The molecular formula is C12H18N6. The molecule has 0 bridgehead atoms. The summed E-state index contributed by atoms with van der Waals surface area (Å²) in [6.45, 7) is 2.92. The molecule has 0 amide bonds. The maximum Gasteiger partial charge on any atom is 0.203 e. The van der Waals surface area contributed by atoms with Crippen molar-refractivity contribution < 1.29 is 0 Å². The van der Waals surface area contributed by atoms with Gasteiger partial charge in [0.1, 0.15) is 5.82 Å². The summed E-state index contributed by atoms with van der Waals surface area (Å²) in [6.07, 6.45) is 5.90. The third kappa shape index (κ3) is 1.82. The number of aromatic nitrogens is 4. The van der Waals surface area contributed by atoms with Crippen molar-refractivity contribution in [3.63, 3.8) is 0 Å². The minimum atomic E-state index is 0.391. The minimum absolute atomic E-state index is 0.391. The van der Waals surface area contributed by atoms with Crippen LogP contribution in [0.4, 0.5) is 5.82 Å². The molecule has 1 saturated carbocycles. The molecule has 2 aromatic heterocycles. The molecule has 0 radical (unpaired) electrons. The zero-order valence-corrected chi connectivity index (χ0v) is 10.7. The van der Waals surface area contributed by atoms with Crippen LogP contribution in [0.1, 0.15) is 18.7 Å². The zero-order chi connectivity index (χ0) is 12.7. The molecule has 18 heavy (non-hydrogen) atoms. The fraction of sp³-hybridized carbons (Fsp3) is 0.583. The van der Waals surface area contributed by atoms with E-state index in [1.807, 2.05) is 17.5 Å². The van der Waals surface area contributed by atoms with E-state index in [4.69, 9.17) is 5.73 Å². The summed E-state index contributed by atoms with van der Waals surface area (Å²) in [6, 6.07) is 0.391. The van der Waals surface area contributed by atoms with Crippen molar-refractivity contribution in [2.24, 2.45) is 11.7 Å². The Labute approximate surface area is 106 Å². The average Bonchev–Trinajstić information content (AvgIpc) is 2.69. The Kier molecular flexibility index (Phi) is 2.66. The van der Waals surface area contributed by atoms with E-state index in [1.54, 1.807) is 6.20 Å². The zero-order valence-electron chi connectivity index (χ0n) is 10.7. The summed E-state index contributed by atoms with van der Waals surface area (Å²) in [4.78, 5) is 6.57. The molecular weight excluding hydrogens is 228 g/mol. The van der Waals surface area contributed by atoms with E-state index in [0.29, 0.717) is 12.0 Å². The first kappa shape index (κ1) is 11.4. The van der Waals surface area contributed by atoms with Gasteiger partial charge in [-0.2, -0.15) is 0 Å². The third-order valence-electron chi connectivity index (χ3n) is 3.64. The fourth-order valence-electron chi connectivity index (χ4n) is 2.61. The van der Waals surface area contributed by atoms with E-state index < -0.39 is 0 Å². The van der Waals surface area contributed by atoms with E-state index in [0.717, 1.165) is 36.7 Å². The molecule has 1 aliphatic rings. The van der Waals surface area contributed by atoms with E-state index in [-0.39, 0.29) is 0 Å². The minimum Gasteiger partial charge on any atom is -0.356 e. The van der Waals surface area contributed by atoms with Gasteiger partial charge in [-0.3, -0.25) is 4.40 Å². The standard InChI is InChI=1S/C12H18N6/c1-8-15-16-12-11(14-3-4-18(8)12)17(2)7-9-5-10(13)6-9/h3-4,9-10H,5-7,13H2,1-2H3. The lowest BCUT2D eigenvalue weighted by Crippen LogP contribution is -2.42. The number of nitrogens with two attached hydrogens (primary N) is 1. The molecule has 6 heteroatoms.